The van der Waals surface area contributed by atoms with E-state index in [2.05, 4.69) is 20.6 Å². The fourth-order valence-corrected chi connectivity index (χ4v) is 0.871. The number of carboxylic acids is 1. The van der Waals surface area contributed by atoms with Gasteiger partial charge in [-0.15, -0.1) is 9.73 Å². The summed E-state index contributed by atoms with van der Waals surface area (Å²) < 4.78 is 1.10. The summed E-state index contributed by atoms with van der Waals surface area (Å²) in [6, 6.07) is 0. The number of rotatable bonds is 1. The van der Waals surface area contributed by atoms with Gasteiger partial charge >= 0.3 is 5.97 Å². The highest BCUT2D eigenvalue weighted by molar-refractivity contribution is 5.95. The Balaban J connectivity index is 2.78. The van der Waals surface area contributed by atoms with Crippen molar-refractivity contribution in [3.05, 3.63) is 5.69 Å². The minimum atomic E-state index is -1.15. The molecule has 0 unspecified atom stereocenters. The third kappa shape index (κ3) is 0.654. The van der Waals surface area contributed by atoms with Crippen LogP contribution in [0, 0.1) is 0 Å². The smallest absolute Gasteiger partial charge is 0.356 e. The summed E-state index contributed by atoms with van der Waals surface area (Å²) in [5.41, 5.74) is 5.53. The maximum absolute atomic E-state index is 10.5. The predicted octanol–water partition coefficient (Wildman–Crippen LogP) is -1.27. The molecule has 12 heavy (non-hydrogen) atoms. The van der Waals surface area contributed by atoms with Crippen molar-refractivity contribution in [3.8, 4) is 0 Å². The van der Waals surface area contributed by atoms with E-state index in [-0.39, 0.29) is 17.0 Å². The molecular weight excluding hydrogens is 164 g/mol. The lowest BCUT2D eigenvalue weighted by molar-refractivity contribution is 0.0691. The number of carbonyl (C=O) groups is 1. The molecule has 0 amide bonds. The van der Waals surface area contributed by atoms with E-state index in [1.54, 1.807) is 0 Å². The third-order valence-electron chi connectivity index (χ3n) is 1.41. The van der Waals surface area contributed by atoms with Crippen LogP contribution >= 0.6 is 0 Å². The van der Waals surface area contributed by atoms with Gasteiger partial charge in [0.2, 0.25) is 5.65 Å². The van der Waals surface area contributed by atoms with Gasteiger partial charge in [-0.25, -0.2) is 4.79 Å². The molecule has 0 aromatic carbocycles. The fourth-order valence-electron chi connectivity index (χ4n) is 0.871. The largest absolute Gasteiger partial charge is 0.476 e. The van der Waals surface area contributed by atoms with E-state index in [1.807, 2.05) is 0 Å². The Labute approximate surface area is 65.0 Å². The number of tetrazole rings is 1. The summed E-state index contributed by atoms with van der Waals surface area (Å²) in [5, 5.41) is 21.2. The van der Waals surface area contributed by atoms with Crippen LogP contribution in [0.15, 0.2) is 0 Å². The second-order valence-electron chi connectivity index (χ2n) is 2.12. The van der Waals surface area contributed by atoms with E-state index in [9.17, 15) is 4.79 Å². The number of aromatic nitrogens is 5. The van der Waals surface area contributed by atoms with Gasteiger partial charge in [-0.3, -0.25) is 5.10 Å². The highest BCUT2D eigenvalue weighted by Gasteiger charge is 2.16. The molecular formula is C4H4N6O2. The number of H-pyrrole nitrogens is 1. The second kappa shape index (κ2) is 1.94. The normalized spacial score (nSPS) is 10.7. The molecule has 0 bridgehead atoms. The van der Waals surface area contributed by atoms with Gasteiger partial charge in [-0.1, -0.05) is 0 Å². The van der Waals surface area contributed by atoms with Crippen LogP contribution in [0.1, 0.15) is 10.5 Å². The lowest BCUT2D eigenvalue weighted by atomic mass is 10.4. The van der Waals surface area contributed by atoms with Gasteiger partial charge in [0, 0.05) is 0 Å². The highest BCUT2D eigenvalue weighted by Crippen LogP contribution is 2.13. The van der Waals surface area contributed by atoms with Crippen molar-refractivity contribution in [2.45, 2.75) is 0 Å². The van der Waals surface area contributed by atoms with Gasteiger partial charge in [-0.05, 0) is 10.4 Å². The monoisotopic (exact) mass is 168 g/mol. The summed E-state index contributed by atoms with van der Waals surface area (Å²) in [6.45, 7) is 0. The number of fused-ring (bicyclic) bond motifs is 1. The SMILES string of the molecule is Nc1c(C(=O)O)[nH]n2nnnc12. The van der Waals surface area contributed by atoms with Crippen molar-refractivity contribution in [2.24, 2.45) is 0 Å². The van der Waals surface area contributed by atoms with Crippen molar-refractivity contribution in [2.75, 3.05) is 5.73 Å². The van der Waals surface area contributed by atoms with Crippen LogP contribution in [0.4, 0.5) is 5.69 Å². The molecule has 0 aliphatic heterocycles. The minimum Gasteiger partial charge on any atom is -0.476 e. The van der Waals surface area contributed by atoms with Crippen LogP contribution < -0.4 is 5.73 Å². The standard InChI is InChI=1S/C4H4N6O2/c5-1-2(4(11)12)7-10-3(1)6-8-9-10/h7H,5H2,(H,11,12). The lowest BCUT2D eigenvalue weighted by Gasteiger charge is -1.86. The number of nitrogen functional groups attached to an aromatic ring is 1. The first-order valence-electron chi connectivity index (χ1n) is 2.99. The quantitative estimate of drug-likeness (QED) is 0.488. The molecule has 0 aliphatic carbocycles. The number of aromatic carboxylic acids is 1. The molecule has 0 fully saturated rings. The van der Waals surface area contributed by atoms with Crippen molar-refractivity contribution >= 4 is 17.3 Å². The van der Waals surface area contributed by atoms with Crippen LogP contribution in [0.25, 0.3) is 5.65 Å². The van der Waals surface area contributed by atoms with E-state index in [0.717, 1.165) is 4.63 Å². The summed E-state index contributed by atoms with van der Waals surface area (Å²) >= 11 is 0. The van der Waals surface area contributed by atoms with E-state index < -0.39 is 5.97 Å². The molecule has 8 heteroatoms. The predicted molar refractivity (Wildman–Crippen MR) is 36.5 cm³/mol. The molecule has 0 spiro atoms. The fraction of sp³-hybridized carbons (Fsp3) is 0. The molecule has 2 heterocycles. The van der Waals surface area contributed by atoms with Crippen LogP contribution in [0.3, 0.4) is 0 Å². The molecule has 2 aromatic rings. The molecule has 0 saturated heterocycles. The summed E-state index contributed by atoms with van der Waals surface area (Å²) in [5.74, 6) is -1.15. The summed E-state index contributed by atoms with van der Waals surface area (Å²) in [7, 11) is 0. The van der Waals surface area contributed by atoms with Gasteiger partial charge in [0.05, 0.1) is 0 Å². The third-order valence-corrected chi connectivity index (χ3v) is 1.41. The van der Waals surface area contributed by atoms with Gasteiger partial charge in [0.25, 0.3) is 0 Å². The number of nitrogens with zero attached hydrogens (tertiary/aromatic N) is 4. The van der Waals surface area contributed by atoms with E-state index in [4.69, 9.17) is 10.8 Å². The number of nitrogens with one attached hydrogen (secondary N) is 1. The Morgan fingerprint density at radius 2 is 2.42 bits per heavy atom. The molecule has 2 rings (SSSR count). The topological polar surface area (TPSA) is 122 Å². The van der Waals surface area contributed by atoms with E-state index >= 15 is 0 Å². The maximum Gasteiger partial charge on any atom is 0.356 e. The van der Waals surface area contributed by atoms with Crippen LogP contribution in [0.2, 0.25) is 0 Å². The Hall–Kier alpha value is -2.12. The summed E-state index contributed by atoms with van der Waals surface area (Å²) in [4.78, 5) is 10.5. The lowest BCUT2D eigenvalue weighted by Crippen LogP contribution is -2.02. The molecule has 2 aromatic heterocycles. The number of hydrogen-bond acceptors (Lipinski definition) is 5. The minimum absolute atomic E-state index is 0.0347. The number of nitrogens with two attached hydrogens (primary N) is 1. The first-order chi connectivity index (χ1) is 5.70. The molecule has 8 nitrogen and oxygen atoms in total. The number of anilines is 1. The first kappa shape index (κ1) is 6.58. The van der Waals surface area contributed by atoms with Crippen LogP contribution in [-0.4, -0.2) is 36.3 Å². The zero-order chi connectivity index (χ0) is 8.72. The Morgan fingerprint density at radius 1 is 1.67 bits per heavy atom. The Morgan fingerprint density at radius 3 is 3.00 bits per heavy atom. The van der Waals surface area contributed by atoms with Crippen molar-refractivity contribution < 1.29 is 9.90 Å². The van der Waals surface area contributed by atoms with Gasteiger partial charge in [0.15, 0.2) is 5.69 Å². The number of carboxylic acid groups (broad SMARTS) is 1. The van der Waals surface area contributed by atoms with Crippen molar-refractivity contribution in [1.82, 2.24) is 25.3 Å². The Bertz CT molecular complexity index is 441. The second-order valence-corrected chi connectivity index (χ2v) is 2.12. The van der Waals surface area contributed by atoms with Gasteiger partial charge in [0.1, 0.15) is 5.69 Å². The van der Waals surface area contributed by atoms with E-state index in [1.165, 1.54) is 0 Å². The number of aromatic amines is 1. The Kier molecular flexibility index (Phi) is 1.06. The van der Waals surface area contributed by atoms with Gasteiger partial charge in [-0.2, -0.15) is 0 Å². The maximum atomic E-state index is 10.5. The molecule has 0 saturated carbocycles. The molecule has 4 N–H and O–H groups in total. The number of hydrogen-bond donors (Lipinski definition) is 3. The average Bonchev–Trinajstić information content (AvgIpc) is 2.53. The molecule has 62 valence electrons. The highest BCUT2D eigenvalue weighted by atomic mass is 16.4. The average molecular weight is 168 g/mol. The first-order valence-corrected chi connectivity index (χ1v) is 2.99. The van der Waals surface area contributed by atoms with E-state index in [0.29, 0.717) is 0 Å². The zero-order valence-electron chi connectivity index (χ0n) is 5.72. The molecule has 0 atom stereocenters. The van der Waals surface area contributed by atoms with Gasteiger partial charge < -0.3 is 10.8 Å². The van der Waals surface area contributed by atoms with Crippen LogP contribution in [0.5, 0.6) is 0 Å². The molecule has 0 radical (unpaired) electrons. The summed E-state index contributed by atoms with van der Waals surface area (Å²) in [6.07, 6.45) is 0. The van der Waals surface area contributed by atoms with Crippen molar-refractivity contribution in [1.29, 1.82) is 0 Å². The molecule has 0 aliphatic rings. The zero-order valence-corrected chi connectivity index (χ0v) is 5.72. The van der Waals surface area contributed by atoms with Crippen molar-refractivity contribution in [3.63, 3.8) is 0 Å². The van der Waals surface area contributed by atoms with Crippen LogP contribution in [-0.2, 0) is 0 Å².